The van der Waals surface area contributed by atoms with Crippen LogP contribution in [0.2, 0.25) is 0 Å². The molecule has 31 heavy (non-hydrogen) atoms. The predicted molar refractivity (Wildman–Crippen MR) is 122 cm³/mol. The number of carbonyl (C=O) groups is 2. The molecule has 0 aromatic heterocycles. The van der Waals surface area contributed by atoms with E-state index < -0.39 is 11.9 Å². The van der Waals surface area contributed by atoms with Gasteiger partial charge in [-0.3, -0.25) is 0 Å². The van der Waals surface area contributed by atoms with Gasteiger partial charge in [-0.25, -0.2) is 9.59 Å². The van der Waals surface area contributed by atoms with Crippen molar-refractivity contribution in [3.05, 3.63) is 71.8 Å². The SMILES string of the molecule is CCC(O)CCCC(O)CC(C)C.O=C(O)c1ccccc1.O=C(O)c1ccccc1. The third kappa shape index (κ3) is 15.8. The number of carboxylic acid groups (broad SMARTS) is 2. The molecule has 0 fully saturated rings. The summed E-state index contributed by atoms with van der Waals surface area (Å²) in [6.45, 7) is 6.21. The Labute approximate surface area is 185 Å². The second kappa shape index (κ2) is 17.0. The van der Waals surface area contributed by atoms with Crippen molar-refractivity contribution < 1.29 is 30.0 Å². The highest BCUT2D eigenvalue weighted by Crippen LogP contribution is 2.12. The highest BCUT2D eigenvalue weighted by molar-refractivity contribution is 5.87. The zero-order chi connectivity index (χ0) is 23.6. The monoisotopic (exact) mass is 432 g/mol. The van der Waals surface area contributed by atoms with Gasteiger partial charge in [0, 0.05) is 0 Å². The molecule has 6 heteroatoms. The Kier molecular flexibility index (Phi) is 15.5. The van der Waals surface area contributed by atoms with Crippen LogP contribution in [0.3, 0.4) is 0 Å². The third-order valence-electron chi connectivity index (χ3n) is 4.33. The maximum absolute atomic E-state index is 10.2. The maximum atomic E-state index is 10.2. The van der Waals surface area contributed by atoms with Crippen LogP contribution >= 0.6 is 0 Å². The van der Waals surface area contributed by atoms with Gasteiger partial charge in [0.15, 0.2) is 0 Å². The third-order valence-corrected chi connectivity index (χ3v) is 4.33. The fourth-order valence-electron chi connectivity index (χ4n) is 2.62. The minimum absolute atomic E-state index is 0.175. The van der Waals surface area contributed by atoms with E-state index in [1.165, 1.54) is 0 Å². The normalized spacial score (nSPS) is 11.9. The molecule has 2 aromatic rings. The van der Waals surface area contributed by atoms with Crippen LogP contribution in [-0.4, -0.2) is 44.6 Å². The molecule has 0 aliphatic carbocycles. The van der Waals surface area contributed by atoms with Gasteiger partial charge in [0.05, 0.1) is 23.3 Å². The molecule has 0 radical (unpaired) electrons. The zero-order valence-electron chi connectivity index (χ0n) is 18.6. The first kappa shape index (κ1) is 28.3. The number of hydrogen-bond acceptors (Lipinski definition) is 4. The van der Waals surface area contributed by atoms with Crippen LogP contribution in [0, 0.1) is 5.92 Å². The molecule has 0 aliphatic rings. The number of aromatic carboxylic acids is 2. The largest absolute Gasteiger partial charge is 0.478 e. The molecule has 2 aromatic carbocycles. The molecule has 2 unspecified atom stereocenters. The van der Waals surface area contributed by atoms with Crippen molar-refractivity contribution in [2.24, 2.45) is 5.92 Å². The van der Waals surface area contributed by atoms with E-state index in [4.69, 9.17) is 10.2 Å². The van der Waals surface area contributed by atoms with Crippen molar-refractivity contribution in [2.75, 3.05) is 0 Å². The Morgan fingerprint density at radius 1 is 0.742 bits per heavy atom. The number of aliphatic hydroxyl groups is 2. The summed E-state index contributed by atoms with van der Waals surface area (Å²) in [7, 11) is 0. The van der Waals surface area contributed by atoms with Crippen LogP contribution in [-0.2, 0) is 0 Å². The molecule has 4 N–H and O–H groups in total. The summed E-state index contributed by atoms with van der Waals surface area (Å²) in [6, 6.07) is 16.6. The van der Waals surface area contributed by atoms with Crippen LogP contribution in [0.15, 0.2) is 60.7 Å². The van der Waals surface area contributed by atoms with Gasteiger partial charge in [0.25, 0.3) is 0 Å². The Hall–Kier alpha value is -2.70. The number of aliphatic hydroxyl groups excluding tert-OH is 2. The van der Waals surface area contributed by atoms with E-state index >= 15 is 0 Å². The lowest BCUT2D eigenvalue weighted by Crippen LogP contribution is -2.11. The predicted octanol–water partition coefficient (Wildman–Crippen LogP) is 5.10. The van der Waals surface area contributed by atoms with Gasteiger partial charge in [0.1, 0.15) is 0 Å². The summed E-state index contributed by atoms with van der Waals surface area (Å²) in [6.07, 6.45) is 3.93. The topological polar surface area (TPSA) is 115 Å². The molecule has 2 rings (SSSR count). The Balaban J connectivity index is 0.000000445. The fraction of sp³-hybridized carbons (Fsp3) is 0.440. The van der Waals surface area contributed by atoms with E-state index in [2.05, 4.69) is 13.8 Å². The van der Waals surface area contributed by atoms with Gasteiger partial charge in [0.2, 0.25) is 0 Å². The highest BCUT2D eigenvalue weighted by Gasteiger charge is 2.08. The molecule has 0 amide bonds. The van der Waals surface area contributed by atoms with Crippen molar-refractivity contribution in [3.8, 4) is 0 Å². The summed E-state index contributed by atoms with van der Waals surface area (Å²) >= 11 is 0. The van der Waals surface area contributed by atoms with Crippen LogP contribution < -0.4 is 0 Å². The molecule has 6 nitrogen and oxygen atoms in total. The van der Waals surface area contributed by atoms with Crippen molar-refractivity contribution in [1.82, 2.24) is 0 Å². The molecule has 0 spiro atoms. The number of carboxylic acids is 2. The first-order chi connectivity index (χ1) is 14.7. The minimum atomic E-state index is -0.879. The second-order valence-corrected chi connectivity index (χ2v) is 7.62. The van der Waals surface area contributed by atoms with Crippen molar-refractivity contribution >= 4 is 11.9 Å². The molecule has 0 aliphatic heterocycles. The van der Waals surface area contributed by atoms with Crippen molar-refractivity contribution in [3.63, 3.8) is 0 Å². The van der Waals surface area contributed by atoms with E-state index in [1.54, 1.807) is 60.7 Å². The van der Waals surface area contributed by atoms with Gasteiger partial charge in [-0.2, -0.15) is 0 Å². The van der Waals surface area contributed by atoms with Crippen LogP contribution in [0.25, 0.3) is 0 Å². The fourth-order valence-corrected chi connectivity index (χ4v) is 2.62. The summed E-state index contributed by atoms with van der Waals surface area (Å²) < 4.78 is 0. The Morgan fingerprint density at radius 3 is 1.42 bits per heavy atom. The van der Waals surface area contributed by atoms with Gasteiger partial charge < -0.3 is 20.4 Å². The van der Waals surface area contributed by atoms with E-state index in [0.717, 1.165) is 32.1 Å². The second-order valence-electron chi connectivity index (χ2n) is 7.62. The standard InChI is InChI=1S/C11H24O2.2C7H6O2/c1-4-10(12)6-5-7-11(13)8-9(2)3;2*8-7(9)6-4-2-1-3-5-6/h9-13H,4-8H2,1-3H3;2*1-5H,(H,8,9). The molecule has 0 heterocycles. The Bertz CT molecular complexity index is 666. The summed E-state index contributed by atoms with van der Waals surface area (Å²) in [5, 5.41) is 35.6. The van der Waals surface area contributed by atoms with Crippen LogP contribution in [0.1, 0.15) is 73.6 Å². The number of rotatable bonds is 9. The van der Waals surface area contributed by atoms with Crippen LogP contribution in [0.4, 0.5) is 0 Å². The van der Waals surface area contributed by atoms with Gasteiger partial charge >= 0.3 is 11.9 Å². The van der Waals surface area contributed by atoms with Gasteiger partial charge in [-0.1, -0.05) is 57.2 Å². The lowest BCUT2D eigenvalue weighted by atomic mass is 10.0. The maximum Gasteiger partial charge on any atom is 0.335 e. The molecular formula is C25H36O6. The summed E-state index contributed by atoms with van der Waals surface area (Å²) in [5.74, 6) is -1.20. The molecule has 0 saturated heterocycles. The molecule has 172 valence electrons. The molecule has 2 atom stereocenters. The summed E-state index contributed by atoms with van der Waals surface area (Å²) in [4.78, 5) is 20.4. The van der Waals surface area contributed by atoms with Crippen LogP contribution in [0.5, 0.6) is 0 Å². The average Bonchev–Trinajstić information content (AvgIpc) is 2.75. The van der Waals surface area contributed by atoms with E-state index in [0.29, 0.717) is 17.0 Å². The highest BCUT2D eigenvalue weighted by atomic mass is 16.4. The van der Waals surface area contributed by atoms with Crippen molar-refractivity contribution in [2.45, 2.75) is 65.1 Å². The molecular weight excluding hydrogens is 396 g/mol. The lowest BCUT2D eigenvalue weighted by Gasteiger charge is -2.13. The average molecular weight is 433 g/mol. The van der Waals surface area contributed by atoms with Gasteiger partial charge in [-0.05, 0) is 62.3 Å². The van der Waals surface area contributed by atoms with E-state index in [1.807, 2.05) is 6.92 Å². The van der Waals surface area contributed by atoms with E-state index in [-0.39, 0.29) is 12.2 Å². The quantitative estimate of drug-likeness (QED) is 0.438. The summed E-state index contributed by atoms with van der Waals surface area (Å²) in [5.41, 5.74) is 0.662. The molecule has 0 saturated carbocycles. The minimum Gasteiger partial charge on any atom is -0.478 e. The van der Waals surface area contributed by atoms with Crippen molar-refractivity contribution in [1.29, 1.82) is 0 Å². The number of benzene rings is 2. The molecule has 0 bridgehead atoms. The first-order valence-corrected chi connectivity index (χ1v) is 10.6. The zero-order valence-corrected chi connectivity index (χ0v) is 18.6. The van der Waals surface area contributed by atoms with E-state index in [9.17, 15) is 19.8 Å². The lowest BCUT2D eigenvalue weighted by molar-refractivity contribution is 0.0686. The first-order valence-electron chi connectivity index (χ1n) is 10.6. The van der Waals surface area contributed by atoms with Gasteiger partial charge in [-0.15, -0.1) is 0 Å². The smallest absolute Gasteiger partial charge is 0.335 e. The number of hydrogen-bond donors (Lipinski definition) is 4. The Morgan fingerprint density at radius 2 is 1.13 bits per heavy atom.